The Balaban J connectivity index is 4.03. The topological polar surface area (TPSA) is 35.5 Å². The first-order valence-electron chi connectivity index (χ1n) is 4.59. The largest absolute Gasteiger partial charge is 0.347 e. The predicted octanol–water partition coefficient (Wildman–Crippen LogP) is 2.70. The van der Waals surface area contributed by atoms with Gasteiger partial charge in [0.05, 0.1) is 5.41 Å². The molecule has 3 nitrogen and oxygen atoms in total. The van der Waals surface area contributed by atoms with E-state index in [1.807, 2.05) is 41.5 Å². The average molecular weight is 188 g/mol. The molecule has 0 aliphatic carbocycles. The van der Waals surface area contributed by atoms with Gasteiger partial charge in [-0.1, -0.05) is 6.92 Å². The van der Waals surface area contributed by atoms with E-state index in [1.54, 1.807) is 0 Å². The molecule has 0 aromatic rings. The molecular formula is C10H20O3. The molecule has 0 aliphatic heterocycles. The highest BCUT2D eigenvalue weighted by molar-refractivity contribution is 5.75. The van der Waals surface area contributed by atoms with Crippen molar-refractivity contribution >= 4 is 5.97 Å². The molecule has 0 heterocycles. The van der Waals surface area contributed by atoms with Gasteiger partial charge in [-0.05, 0) is 41.0 Å². The summed E-state index contributed by atoms with van der Waals surface area (Å²) in [7, 11) is 0. The molecule has 0 N–H and O–H groups in total. The van der Waals surface area contributed by atoms with Crippen LogP contribution in [-0.2, 0) is 14.6 Å². The molecule has 13 heavy (non-hydrogen) atoms. The zero-order valence-corrected chi connectivity index (χ0v) is 9.43. The first-order valence-corrected chi connectivity index (χ1v) is 4.59. The van der Waals surface area contributed by atoms with Crippen LogP contribution >= 0.6 is 0 Å². The molecule has 0 bridgehead atoms. The Hall–Kier alpha value is -0.570. The Bertz CT molecular complexity index is 177. The van der Waals surface area contributed by atoms with E-state index < -0.39 is 11.0 Å². The summed E-state index contributed by atoms with van der Waals surface area (Å²) < 4.78 is 0. The van der Waals surface area contributed by atoms with Crippen LogP contribution in [0.3, 0.4) is 0 Å². The zero-order chi connectivity index (χ0) is 10.7. The van der Waals surface area contributed by atoms with E-state index in [-0.39, 0.29) is 5.97 Å². The van der Waals surface area contributed by atoms with Crippen molar-refractivity contribution in [1.29, 1.82) is 0 Å². The second-order valence-electron chi connectivity index (χ2n) is 4.80. The van der Waals surface area contributed by atoms with Gasteiger partial charge in [0, 0.05) is 0 Å². The fraction of sp³-hybridized carbons (Fsp3) is 0.900. The standard InChI is InChI=1S/C10H20O3/c1-7-10(5,6)8(11)12-13-9(2,3)4/h7H2,1-6H3. The molecule has 0 aromatic heterocycles. The van der Waals surface area contributed by atoms with Gasteiger partial charge in [0.2, 0.25) is 0 Å². The molecule has 0 amide bonds. The van der Waals surface area contributed by atoms with Gasteiger partial charge in [0.25, 0.3) is 0 Å². The third-order valence-electron chi connectivity index (χ3n) is 1.80. The minimum atomic E-state index is -0.467. The van der Waals surface area contributed by atoms with Crippen molar-refractivity contribution in [1.82, 2.24) is 0 Å². The number of hydrogen-bond donors (Lipinski definition) is 0. The van der Waals surface area contributed by atoms with Crippen LogP contribution in [0.2, 0.25) is 0 Å². The fourth-order valence-corrected chi connectivity index (χ4v) is 0.420. The Morgan fingerprint density at radius 1 is 1.15 bits per heavy atom. The molecule has 0 rings (SSSR count). The normalized spacial score (nSPS) is 12.8. The fourth-order valence-electron chi connectivity index (χ4n) is 0.420. The molecule has 0 saturated carbocycles. The summed E-state index contributed by atoms with van der Waals surface area (Å²) in [5.74, 6) is -0.315. The van der Waals surface area contributed by atoms with E-state index in [9.17, 15) is 4.79 Å². The SMILES string of the molecule is CCC(C)(C)C(=O)OOC(C)(C)C. The van der Waals surface area contributed by atoms with Crippen LogP contribution in [0, 0.1) is 5.41 Å². The maximum Gasteiger partial charge on any atom is 0.347 e. The smallest absolute Gasteiger partial charge is 0.297 e. The maximum absolute atomic E-state index is 11.4. The van der Waals surface area contributed by atoms with Crippen molar-refractivity contribution < 1.29 is 14.6 Å². The first kappa shape index (κ1) is 12.4. The lowest BCUT2D eigenvalue weighted by Crippen LogP contribution is -2.30. The minimum absolute atomic E-state index is 0.315. The van der Waals surface area contributed by atoms with Crippen LogP contribution in [-0.4, -0.2) is 11.6 Å². The zero-order valence-electron chi connectivity index (χ0n) is 9.43. The monoisotopic (exact) mass is 188 g/mol. The highest BCUT2D eigenvalue weighted by Crippen LogP contribution is 2.22. The number of carbonyl (C=O) groups excluding carboxylic acids is 1. The molecular weight excluding hydrogens is 168 g/mol. The van der Waals surface area contributed by atoms with Gasteiger partial charge in [0.15, 0.2) is 0 Å². The third-order valence-corrected chi connectivity index (χ3v) is 1.80. The highest BCUT2D eigenvalue weighted by Gasteiger charge is 2.29. The highest BCUT2D eigenvalue weighted by atomic mass is 17.2. The van der Waals surface area contributed by atoms with E-state index in [2.05, 4.69) is 0 Å². The van der Waals surface area contributed by atoms with Crippen molar-refractivity contribution in [3.05, 3.63) is 0 Å². The summed E-state index contributed by atoms with van der Waals surface area (Å²) in [5.41, 5.74) is -0.912. The Kier molecular flexibility index (Phi) is 3.91. The second kappa shape index (κ2) is 4.09. The molecule has 0 radical (unpaired) electrons. The molecule has 0 aliphatic rings. The maximum atomic E-state index is 11.4. The van der Waals surface area contributed by atoms with Crippen LogP contribution < -0.4 is 0 Å². The molecule has 0 unspecified atom stereocenters. The minimum Gasteiger partial charge on any atom is -0.297 e. The molecule has 0 saturated heterocycles. The Morgan fingerprint density at radius 2 is 1.62 bits per heavy atom. The van der Waals surface area contributed by atoms with Crippen LogP contribution in [0.4, 0.5) is 0 Å². The van der Waals surface area contributed by atoms with Gasteiger partial charge >= 0.3 is 5.97 Å². The summed E-state index contributed by atoms with van der Waals surface area (Å²) >= 11 is 0. The lowest BCUT2D eigenvalue weighted by molar-refractivity contribution is -0.326. The van der Waals surface area contributed by atoms with Gasteiger partial charge in [-0.2, -0.15) is 4.89 Å². The first-order chi connectivity index (χ1) is 5.69. The summed E-state index contributed by atoms with van der Waals surface area (Å²) in [4.78, 5) is 21.0. The molecule has 0 atom stereocenters. The van der Waals surface area contributed by atoms with Gasteiger partial charge in [-0.15, -0.1) is 0 Å². The molecule has 0 aromatic carbocycles. The van der Waals surface area contributed by atoms with E-state index in [0.29, 0.717) is 0 Å². The van der Waals surface area contributed by atoms with Gasteiger partial charge in [-0.25, -0.2) is 4.79 Å². The summed E-state index contributed by atoms with van der Waals surface area (Å²) in [6.45, 7) is 11.1. The second-order valence-corrected chi connectivity index (χ2v) is 4.80. The quantitative estimate of drug-likeness (QED) is 0.504. The lowest BCUT2D eigenvalue weighted by Gasteiger charge is -2.23. The average Bonchev–Trinajstić information content (AvgIpc) is 1.98. The van der Waals surface area contributed by atoms with E-state index in [0.717, 1.165) is 6.42 Å². The Labute approximate surface area is 80.3 Å². The van der Waals surface area contributed by atoms with Crippen LogP contribution in [0.5, 0.6) is 0 Å². The third kappa shape index (κ3) is 4.88. The van der Waals surface area contributed by atoms with Gasteiger partial charge in [0.1, 0.15) is 5.60 Å². The van der Waals surface area contributed by atoms with Gasteiger partial charge < -0.3 is 0 Å². The van der Waals surface area contributed by atoms with E-state index >= 15 is 0 Å². The summed E-state index contributed by atoms with van der Waals surface area (Å²) in [6.07, 6.45) is 0.735. The van der Waals surface area contributed by atoms with E-state index in [4.69, 9.17) is 9.78 Å². The van der Waals surface area contributed by atoms with Crippen molar-refractivity contribution in [3.63, 3.8) is 0 Å². The molecule has 0 fully saturated rings. The van der Waals surface area contributed by atoms with Crippen molar-refractivity contribution in [2.75, 3.05) is 0 Å². The van der Waals surface area contributed by atoms with Crippen molar-refractivity contribution in [2.24, 2.45) is 5.41 Å². The van der Waals surface area contributed by atoms with E-state index in [1.165, 1.54) is 0 Å². The molecule has 3 heteroatoms. The molecule has 0 spiro atoms. The summed E-state index contributed by atoms with van der Waals surface area (Å²) in [5, 5.41) is 0. The van der Waals surface area contributed by atoms with Crippen LogP contribution in [0.15, 0.2) is 0 Å². The number of hydrogen-bond acceptors (Lipinski definition) is 3. The van der Waals surface area contributed by atoms with Crippen LogP contribution in [0.25, 0.3) is 0 Å². The number of rotatable bonds is 3. The van der Waals surface area contributed by atoms with Crippen LogP contribution in [0.1, 0.15) is 48.0 Å². The lowest BCUT2D eigenvalue weighted by atomic mass is 9.91. The Morgan fingerprint density at radius 3 is 1.92 bits per heavy atom. The van der Waals surface area contributed by atoms with Gasteiger partial charge in [-0.3, -0.25) is 4.89 Å². The van der Waals surface area contributed by atoms with Crippen molar-refractivity contribution in [2.45, 2.75) is 53.6 Å². The number of carbonyl (C=O) groups is 1. The predicted molar refractivity (Wildman–Crippen MR) is 51.0 cm³/mol. The molecule has 78 valence electrons. The van der Waals surface area contributed by atoms with Crippen molar-refractivity contribution in [3.8, 4) is 0 Å². The summed E-state index contributed by atoms with van der Waals surface area (Å²) in [6, 6.07) is 0.